The van der Waals surface area contributed by atoms with E-state index in [1.807, 2.05) is 36.4 Å². The average molecular weight is 315 g/mol. The molecule has 3 rings (SSSR count). The van der Waals surface area contributed by atoms with Crippen molar-refractivity contribution in [2.45, 2.75) is 0 Å². The summed E-state index contributed by atoms with van der Waals surface area (Å²) in [5.41, 5.74) is 1.45. The van der Waals surface area contributed by atoms with Gasteiger partial charge in [0.15, 0.2) is 0 Å². The zero-order valence-electron chi connectivity index (χ0n) is 12.6. The average Bonchev–Trinajstić information content (AvgIpc) is 2.63. The number of nitrogens with one attached hydrogen (secondary N) is 1. The number of carbonyl (C=O) groups is 1. The largest absolute Gasteiger partial charge is 0.439 e. The summed E-state index contributed by atoms with van der Waals surface area (Å²) in [6, 6.07) is 22.9. The molecule has 0 unspecified atom stereocenters. The second-order valence-corrected chi connectivity index (χ2v) is 4.92. The van der Waals surface area contributed by atoms with Gasteiger partial charge >= 0.3 is 0 Å². The van der Waals surface area contributed by atoms with Gasteiger partial charge in [0.05, 0.1) is 0 Å². The molecule has 0 bridgehead atoms. The van der Waals surface area contributed by atoms with E-state index in [0.29, 0.717) is 17.2 Å². The quantitative estimate of drug-likeness (QED) is 0.789. The van der Waals surface area contributed by atoms with Crippen molar-refractivity contribution < 1.29 is 9.53 Å². The molecule has 0 atom stereocenters. The number of amides is 1. The van der Waals surface area contributed by atoms with E-state index in [1.165, 1.54) is 0 Å². The number of carbonyl (C=O) groups excluding carboxylic acids is 1. The van der Waals surface area contributed by atoms with E-state index in [0.717, 1.165) is 5.69 Å². The molecule has 116 valence electrons. The monoisotopic (exact) mass is 315 g/mol. The summed E-state index contributed by atoms with van der Waals surface area (Å²) in [4.78, 5) is 16.3. The SMILES string of the molecule is N#Cc1cccc(Oc2cccc(C(=O)Nc3ccccc3)c2)n1. The summed E-state index contributed by atoms with van der Waals surface area (Å²) < 4.78 is 5.62. The molecule has 2 aromatic carbocycles. The third-order valence-electron chi connectivity index (χ3n) is 3.19. The third kappa shape index (κ3) is 3.76. The zero-order valence-corrected chi connectivity index (χ0v) is 12.6. The van der Waals surface area contributed by atoms with Gasteiger partial charge in [0.1, 0.15) is 17.5 Å². The molecule has 1 aromatic heterocycles. The Morgan fingerprint density at radius 1 is 1.00 bits per heavy atom. The van der Waals surface area contributed by atoms with E-state index in [2.05, 4.69) is 10.3 Å². The van der Waals surface area contributed by atoms with Crippen LogP contribution in [-0.4, -0.2) is 10.9 Å². The third-order valence-corrected chi connectivity index (χ3v) is 3.19. The molecule has 3 aromatic rings. The molecule has 0 saturated heterocycles. The molecule has 24 heavy (non-hydrogen) atoms. The molecule has 0 aliphatic heterocycles. The number of nitrogens with zero attached hydrogens (tertiary/aromatic N) is 2. The Bertz CT molecular complexity index is 902. The molecule has 5 nitrogen and oxygen atoms in total. The van der Waals surface area contributed by atoms with Crippen LogP contribution in [0.2, 0.25) is 0 Å². The van der Waals surface area contributed by atoms with Gasteiger partial charge < -0.3 is 10.1 Å². The zero-order chi connectivity index (χ0) is 16.8. The lowest BCUT2D eigenvalue weighted by molar-refractivity contribution is 0.102. The minimum absolute atomic E-state index is 0.231. The van der Waals surface area contributed by atoms with E-state index in [1.54, 1.807) is 42.5 Å². The number of rotatable bonds is 4. The number of anilines is 1. The van der Waals surface area contributed by atoms with Crippen molar-refractivity contribution in [3.63, 3.8) is 0 Å². The number of hydrogen-bond donors (Lipinski definition) is 1. The van der Waals surface area contributed by atoms with Gasteiger partial charge in [0.25, 0.3) is 5.91 Å². The van der Waals surface area contributed by atoms with Gasteiger partial charge in [-0.25, -0.2) is 4.98 Å². The van der Waals surface area contributed by atoms with E-state index in [9.17, 15) is 4.79 Å². The molecule has 0 aliphatic carbocycles. The Kier molecular flexibility index (Phi) is 4.50. The number of pyridine rings is 1. The summed E-state index contributed by atoms with van der Waals surface area (Å²) in [6.07, 6.45) is 0. The highest BCUT2D eigenvalue weighted by Crippen LogP contribution is 2.21. The lowest BCUT2D eigenvalue weighted by atomic mass is 10.2. The number of benzene rings is 2. The standard InChI is InChI=1S/C19H13N3O2/c20-13-16-9-5-11-18(21-16)24-17-10-4-6-14(12-17)19(23)22-15-7-2-1-3-8-15/h1-12H,(H,22,23). The fraction of sp³-hybridized carbons (Fsp3) is 0. The molecule has 5 heteroatoms. The van der Waals surface area contributed by atoms with E-state index in [-0.39, 0.29) is 11.6 Å². The number of aromatic nitrogens is 1. The van der Waals surface area contributed by atoms with Crippen LogP contribution < -0.4 is 10.1 Å². The van der Waals surface area contributed by atoms with Crippen molar-refractivity contribution >= 4 is 11.6 Å². The normalized spacial score (nSPS) is 9.79. The molecule has 0 fully saturated rings. The highest BCUT2D eigenvalue weighted by atomic mass is 16.5. The molecule has 0 aliphatic rings. The van der Waals surface area contributed by atoms with E-state index >= 15 is 0 Å². The van der Waals surface area contributed by atoms with Crippen LogP contribution in [0, 0.1) is 11.3 Å². The van der Waals surface area contributed by atoms with Crippen molar-refractivity contribution in [2.24, 2.45) is 0 Å². The number of para-hydroxylation sites is 1. The highest BCUT2D eigenvalue weighted by Gasteiger charge is 2.08. The van der Waals surface area contributed by atoms with Gasteiger partial charge in [0.2, 0.25) is 5.88 Å². The highest BCUT2D eigenvalue weighted by molar-refractivity contribution is 6.04. The topological polar surface area (TPSA) is 75.0 Å². The molecule has 0 spiro atoms. The van der Waals surface area contributed by atoms with Gasteiger partial charge in [0, 0.05) is 17.3 Å². The molecule has 0 saturated carbocycles. The summed E-state index contributed by atoms with van der Waals surface area (Å²) in [5.74, 6) is 0.540. The van der Waals surface area contributed by atoms with E-state index < -0.39 is 0 Å². The van der Waals surface area contributed by atoms with Gasteiger partial charge in [-0.3, -0.25) is 4.79 Å². The van der Waals surface area contributed by atoms with Crippen LogP contribution in [0.3, 0.4) is 0 Å². The summed E-state index contributed by atoms with van der Waals surface area (Å²) in [7, 11) is 0. The fourth-order valence-electron chi connectivity index (χ4n) is 2.08. The van der Waals surface area contributed by atoms with Crippen LogP contribution >= 0.6 is 0 Å². The van der Waals surface area contributed by atoms with Crippen molar-refractivity contribution in [3.05, 3.63) is 84.1 Å². The van der Waals surface area contributed by atoms with Crippen LogP contribution in [0.5, 0.6) is 11.6 Å². The Morgan fingerprint density at radius 3 is 2.58 bits per heavy atom. The Balaban J connectivity index is 1.76. The van der Waals surface area contributed by atoms with Crippen LogP contribution in [0.1, 0.15) is 16.1 Å². The second-order valence-electron chi connectivity index (χ2n) is 4.92. The number of hydrogen-bond acceptors (Lipinski definition) is 4. The summed E-state index contributed by atoms with van der Waals surface area (Å²) in [6.45, 7) is 0. The van der Waals surface area contributed by atoms with Crippen LogP contribution in [0.4, 0.5) is 5.69 Å². The second kappa shape index (κ2) is 7.07. The smallest absolute Gasteiger partial charge is 0.255 e. The first-order chi connectivity index (χ1) is 11.7. The Morgan fingerprint density at radius 2 is 1.79 bits per heavy atom. The van der Waals surface area contributed by atoms with Gasteiger partial charge in [-0.15, -0.1) is 0 Å². The first-order valence-electron chi connectivity index (χ1n) is 7.26. The van der Waals surface area contributed by atoms with Crippen LogP contribution in [0.15, 0.2) is 72.8 Å². The molecule has 1 N–H and O–H groups in total. The lowest BCUT2D eigenvalue weighted by Gasteiger charge is -2.08. The molecular weight excluding hydrogens is 302 g/mol. The van der Waals surface area contributed by atoms with Gasteiger partial charge in [-0.05, 0) is 36.4 Å². The van der Waals surface area contributed by atoms with Crippen molar-refractivity contribution in [1.82, 2.24) is 4.98 Å². The van der Waals surface area contributed by atoms with Crippen molar-refractivity contribution in [2.75, 3.05) is 5.32 Å². The first kappa shape index (κ1) is 15.3. The maximum atomic E-state index is 12.3. The minimum atomic E-state index is -0.231. The van der Waals surface area contributed by atoms with Gasteiger partial charge in [-0.2, -0.15) is 5.26 Å². The van der Waals surface area contributed by atoms with Crippen molar-refractivity contribution in [1.29, 1.82) is 5.26 Å². The molecule has 1 amide bonds. The number of nitriles is 1. The van der Waals surface area contributed by atoms with Gasteiger partial charge in [-0.1, -0.05) is 30.3 Å². The summed E-state index contributed by atoms with van der Waals surface area (Å²) >= 11 is 0. The fourth-order valence-corrected chi connectivity index (χ4v) is 2.08. The Hall–Kier alpha value is -3.65. The number of ether oxygens (including phenoxy) is 1. The predicted molar refractivity (Wildman–Crippen MR) is 89.9 cm³/mol. The molecular formula is C19H13N3O2. The van der Waals surface area contributed by atoms with E-state index in [4.69, 9.17) is 10.00 Å². The molecule has 1 heterocycles. The molecule has 0 radical (unpaired) electrons. The van der Waals surface area contributed by atoms with Crippen LogP contribution in [0.25, 0.3) is 0 Å². The van der Waals surface area contributed by atoms with Crippen LogP contribution in [-0.2, 0) is 0 Å². The van der Waals surface area contributed by atoms with Crippen molar-refractivity contribution in [3.8, 4) is 17.7 Å². The maximum Gasteiger partial charge on any atom is 0.255 e. The maximum absolute atomic E-state index is 12.3. The summed E-state index contributed by atoms with van der Waals surface area (Å²) in [5, 5.41) is 11.7. The predicted octanol–water partition coefficient (Wildman–Crippen LogP) is 4.00. The minimum Gasteiger partial charge on any atom is -0.439 e. The lowest BCUT2D eigenvalue weighted by Crippen LogP contribution is -2.11. The first-order valence-corrected chi connectivity index (χ1v) is 7.26. The Labute approximate surface area is 139 Å².